The van der Waals surface area contributed by atoms with E-state index in [-0.39, 0.29) is 6.54 Å². The average molecular weight is 315 g/mol. The lowest BCUT2D eigenvalue weighted by Crippen LogP contribution is -2.36. The molecule has 0 amide bonds. The zero-order valence-corrected chi connectivity index (χ0v) is 13.3. The van der Waals surface area contributed by atoms with Crippen molar-refractivity contribution in [3.8, 4) is 0 Å². The zero-order chi connectivity index (χ0) is 16.7. The van der Waals surface area contributed by atoms with Crippen LogP contribution in [0, 0.1) is 0 Å². The summed E-state index contributed by atoms with van der Waals surface area (Å²) in [6, 6.07) is 8.81. The Hall–Kier alpha value is -2.47. The standard InChI is InChI=1S/C17H21N3O3/c1-3-7-15-18-16(23-19-15)12-20(2)14(17(21)22)11-10-13-8-5-4-6-9-13/h4-6,8-11,14H,3,7,12H2,1-2H3,(H,21,22)/b11-10+/t14-/m1/s1. The zero-order valence-electron chi connectivity index (χ0n) is 13.3. The molecule has 0 radical (unpaired) electrons. The van der Waals surface area contributed by atoms with Crippen LogP contribution < -0.4 is 0 Å². The molecule has 0 aliphatic heterocycles. The van der Waals surface area contributed by atoms with Gasteiger partial charge in [-0.05, 0) is 19.0 Å². The van der Waals surface area contributed by atoms with Gasteiger partial charge < -0.3 is 9.63 Å². The summed E-state index contributed by atoms with van der Waals surface area (Å²) in [7, 11) is 1.72. The average Bonchev–Trinajstić information content (AvgIpc) is 2.95. The lowest BCUT2D eigenvalue weighted by molar-refractivity contribution is -0.141. The Morgan fingerprint density at radius 3 is 2.78 bits per heavy atom. The van der Waals surface area contributed by atoms with E-state index in [0.717, 1.165) is 18.4 Å². The Balaban J connectivity index is 2.04. The molecule has 122 valence electrons. The quantitative estimate of drug-likeness (QED) is 0.806. The van der Waals surface area contributed by atoms with Gasteiger partial charge in [0.05, 0.1) is 6.54 Å². The largest absolute Gasteiger partial charge is 0.480 e. The van der Waals surface area contributed by atoms with Gasteiger partial charge in [-0.15, -0.1) is 0 Å². The minimum Gasteiger partial charge on any atom is -0.480 e. The molecule has 0 aliphatic carbocycles. The van der Waals surface area contributed by atoms with Crippen LogP contribution in [0.15, 0.2) is 40.9 Å². The van der Waals surface area contributed by atoms with Gasteiger partial charge in [-0.25, -0.2) is 0 Å². The fourth-order valence-electron chi connectivity index (χ4n) is 2.18. The molecule has 0 saturated heterocycles. The number of aromatic nitrogens is 2. The third-order valence-corrected chi connectivity index (χ3v) is 3.37. The molecule has 23 heavy (non-hydrogen) atoms. The second kappa shape index (κ2) is 8.24. The van der Waals surface area contributed by atoms with Gasteiger partial charge in [0.15, 0.2) is 5.82 Å². The van der Waals surface area contributed by atoms with E-state index in [2.05, 4.69) is 10.1 Å². The van der Waals surface area contributed by atoms with E-state index >= 15 is 0 Å². The van der Waals surface area contributed by atoms with Crippen molar-refractivity contribution in [3.63, 3.8) is 0 Å². The number of rotatable bonds is 8. The molecule has 0 aliphatic rings. The number of carboxylic acid groups (broad SMARTS) is 1. The Morgan fingerprint density at radius 1 is 1.39 bits per heavy atom. The smallest absolute Gasteiger partial charge is 0.324 e. The van der Waals surface area contributed by atoms with Crippen LogP contribution in [-0.4, -0.2) is 39.2 Å². The first-order valence-electron chi connectivity index (χ1n) is 7.58. The van der Waals surface area contributed by atoms with Crippen molar-refractivity contribution < 1.29 is 14.4 Å². The number of likely N-dealkylation sites (N-methyl/N-ethyl adjacent to an activating group) is 1. The van der Waals surface area contributed by atoms with Gasteiger partial charge in [-0.1, -0.05) is 54.6 Å². The molecule has 1 N–H and O–H groups in total. The molecule has 1 heterocycles. The van der Waals surface area contributed by atoms with Crippen molar-refractivity contribution in [3.05, 3.63) is 53.7 Å². The lowest BCUT2D eigenvalue weighted by Gasteiger charge is -2.19. The highest BCUT2D eigenvalue weighted by molar-refractivity contribution is 5.77. The summed E-state index contributed by atoms with van der Waals surface area (Å²) < 4.78 is 5.16. The molecule has 6 nitrogen and oxygen atoms in total. The van der Waals surface area contributed by atoms with Crippen LogP contribution in [0.1, 0.15) is 30.6 Å². The van der Waals surface area contributed by atoms with E-state index in [9.17, 15) is 9.90 Å². The second-order valence-electron chi connectivity index (χ2n) is 5.32. The van der Waals surface area contributed by atoms with E-state index in [1.165, 1.54) is 0 Å². The topological polar surface area (TPSA) is 79.5 Å². The van der Waals surface area contributed by atoms with Crippen molar-refractivity contribution in [1.29, 1.82) is 0 Å². The van der Waals surface area contributed by atoms with Gasteiger partial charge in [0.25, 0.3) is 0 Å². The van der Waals surface area contributed by atoms with Crippen molar-refractivity contribution in [2.24, 2.45) is 0 Å². The van der Waals surface area contributed by atoms with Crippen molar-refractivity contribution in [1.82, 2.24) is 15.0 Å². The van der Waals surface area contributed by atoms with Gasteiger partial charge >= 0.3 is 5.97 Å². The summed E-state index contributed by atoms with van der Waals surface area (Å²) in [5, 5.41) is 13.3. The number of carbonyl (C=O) groups is 1. The van der Waals surface area contributed by atoms with E-state index < -0.39 is 12.0 Å². The highest BCUT2D eigenvalue weighted by atomic mass is 16.5. The fourth-order valence-corrected chi connectivity index (χ4v) is 2.18. The highest BCUT2D eigenvalue weighted by Gasteiger charge is 2.21. The number of aliphatic carboxylic acids is 1. The number of benzene rings is 1. The Bertz CT molecular complexity index is 652. The van der Waals surface area contributed by atoms with E-state index in [4.69, 9.17) is 4.52 Å². The first-order chi connectivity index (χ1) is 11.1. The number of hydrogen-bond donors (Lipinski definition) is 1. The molecule has 0 spiro atoms. The Kier molecular flexibility index (Phi) is 6.05. The molecular weight excluding hydrogens is 294 g/mol. The third kappa shape index (κ3) is 5.03. The molecule has 1 aromatic carbocycles. The molecule has 0 bridgehead atoms. The summed E-state index contributed by atoms with van der Waals surface area (Å²) in [6.07, 6.45) is 5.14. The van der Waals surface area contributed by atoms with Crippen LogP contribution in [0.5, 0.6) is 0 Å². The molecule has 0 fully saturated rings. The monoisotopic (exact) mass is 315 g/mol. The third-order valence-electron chi connectivity index (χ3n) is 3.37. The van der Waals surface area contributed by atoms with Crippen LogP contribution in [0.2, 0.25) is 0 Å². The maximum absolute atomic E-state index is 11.5. The normalized spacial score (nSPS) is 12.8. The van der Waals surface area contributed by atoms with E-state index in [1.807, 2.05) is 37.3 Å². The number of aryl methyl sites for hydroxylation is 1. The first-order valence-corrected chi connectivity index (χ1v) is 7.58. The SMILES string of the molecule is CCCc1noc(CN(C)[C@H](/C=C/c2ccccc2)C(=O)O)n1. The lowest BCUT2D eigenvalue weighted by atomic mass is 10.1. The van der Waals surface area contributed by atoms with Crippen molar-refractivity contribution in [2.75, 3.05) is 7.05 Å². The Morgan fingerprint density at radius 2 is 2.13 bits per heavy atom. The number of hydrogen-bond acceptors (Lipinski definition) is 5. The van der Waals surface area contributed by atoms with Gasteiger partial charge in [-0.2, -0.15) is 4.98 Å². The summed E-state index contributed by atoms with van der Waals surface area (Å²) >= 11 is 0. The highest BCUT2D eigenvalue weighted by Crippen LogP contribution is 2.10. The minimum atomic E-state index is -0.923. The fraction of sp³-hybridized carbons (Fsp3) is 0.353. The predicted octanol–water partition coefficient (Wildman–Crippen LogP) is 2.62. The summed E-state index contributed by atoms with van der Waals surface area (Å²) in [4.78, 5) is 17.4. The van der Waals surface area contributed by atoms with Crippen molar-refractivity contribution in [2.45, 2.75) is 32.4 Å². The van der Waals surface area contributed by atoms with Crippen LogP contribution >= 0.6 is 0 Å². The predicted molar refractivity (Wildman–Crippen MR) is 86.7 cm³/mol. The maximum atomic E-state index is 11.5. The molecule has 1 aromatic heterocycles. The molecule has 0 unspecified atom stereocenters. The Labute approximate surface area is 135 Å². The van der Waals surface area contributed by atoms with Gasteiger partial charge in [-0.3, -0.25) is 9.69 Å². The second-order valence-corrected chi connectivity index (χ2v) is 5.32. The van der Waals surface area contributed by atoms with Gasteiger partial charge in [0, 0.05) is 6.42 Å². The van der Waals surface area contributed by atoms with Gasteiger partial charge in [0.2, 0.25) is 5.89 Å². The summed E-state index contributed by atoms with van der Waals surface area (Å²) in [6.45, 7) is 2.32. The van der Waals surface area contributed by atoms with Crippen LogP contribution in [-0.2, 0) is 17.8 Å². The molecule has 6 heteroatoms. The molecule has 2 rings (SSSR count). The van der Waals surface area contributed by atoms with Crippen molar-refractivity contribution >= 4 is 12.0 Å². The molecule has 0 saturated carbocycles. The van der Waals surface area contributed by atoms with E-state index in [1.54, 1.807) is 24.1 Å². The minimum absolute atomic E-state index is 0.285. The van der Waals surface area contributed by atoms with E-state index in [0.29, 0.717) is 11.7 Å². The summed E-state index contributed by atoms with van der Waals surface area (Å²) in [5.74, 6) is 0.158. The van der Waals surface area contributed by atoms with Crippen LogP contribution in [0.4, 0.5) is 0 Å². The molecule has 1 atom stereocenters. The van der Waals surface area contributed by atoms with Crippen LogP contribution in [0.3, 0.4) is 0 Å². The number of carboxylic acids is 1. The summed E-state index contributed by atoms with van der Waals surface area (Å²) in [5.41, 5.74) is 0.954. The number of nitrogens with zero attached hydrogens (tertiary/aromatic N) is 3. The maximum Gasteiger partial charge on any atom is 0.324 e. The molecule has 2 aromatic rings. The first kappa shape index (κ1) is 16.9. The molecular formula is C17H21N3O3. The van der Waals surface area contributed by atoms with Crippen LogP contribution in [0.25, 0.3) is 6.08 Å². The van der Waals surface area contributed by atoms with Gasteiger partial charge in [0.1, 0.15) is 6.04 Å².